The average molecular weight is 777 g/mol. The van der Waals surface area contributed by atoms with Crippen LogP contribution in [0, 0.1) is 13.8 Å². The summed E-state index contributed by atoms with van der Waals surface area (Å²) in [4.78, 5) is 4.69. The van der Waals surface area contributed by atoms with Crippen molar-refractivity contribution in [3.8, 4) is 22.6 Å². The van der Waals surface area contributed by atoms with E-state index >= 15 is 0 Å². The summed E-state index contributed by atoms with van der Waals surface area (Å²) in [5.74, 6) is 1.52. The van der Waals surface area contributed by atoms with Gasteiger partial charge in [0, 0.05) is 21.5 Å². The van der Waals surface area contributed by atoms with Crippen LogP contribution in [-0.2, 0) is 0 Å². The molecule has 0 saturated heterocycles. The third-order valence-electron chi connectivity index (χ3n) is 11.7. The molecule has 0 aliphatic rings. The lowest BCUT2D eigenvalue weighted by molar-refractivity contribution is 0.415. The van der Waals surface area contributed by atoms with Crippen LogP contribution in [0.1, 0.15) is 11.1 Å². The van der Waals surface area contributed by atoms with E-state index in [-0.39, 0.29) is 0 Å². The van der Waals surface area contributed by atoms with Gasteiger partial charge >= 0.3 is 0 Å². The second-order valence-corrected chi connectivity index (χ2v) is 15.4. The molecule has 0 N–H and O–H groups in total. The Morgan fingerprint density at radius 3 is 1.05 bits per heavy atom. The molecular weight excluding hydrogens is 733 g/mol. The summed E-state index contributed by atoms with van der Waals surface area (Å²) in [7, 11) is 3.52. The van der Waals surface area contributed by atoms with Gasteiger partial charge in [-0.1, -0.05) is 157 Å². The van der Waals surface area contributed by atoms with E-state index in [1.54, 1.807) is 14.2 Å². The number of ether oxygens (including phenoxy) is 2. The molecule has 0 unspecified atom stereocenters. The highest BCUT2D eigenvalue weighted by molar-refractivity contribution is 6.07. The van der Waals surface area contributed by atoms with Crippen LogP contribution in [0.4, 0.5) is 34.1 Å². The second kappa shape index (κ2) is 15.3. The number of rotatable bonds is 9. The van der Waals surface area contributed by atoms with Gasteiger partial charge in [0.25, 0.3) is 0 Å². The molecule has 10 aromatic carbocycles. The third kappa shape index (κ3) is 6.43. The molecule has 0 aromatic heterocycles. The van der Waals surface area contributed by atoms with Gasteiger partial charge in [0.05, 0.1) is 48.3 Å². The molecule has 0 radical (unpaired) electrons. The molecule has 0 aliphatic heterocycles. The van der Waals surface area contributed by atoms with Crippen LogP contribution in [0.25, 0.3) is 54.2 Å². The quantitative estimate of drug-likeness (QED) is 0.146. The maximum atomic E-state index is 6.32. The molecule has 4 nitrogen and oxygen atoms in total. The Morgan fingerprint density at radius 2 is 0.650 bits per heavy atom. The lowest BCUT2D eigenvalue weighted by Crippen LogP contribution is -2.13. The first-order chi connectivity index (χ1) is 29.5. The Balaban J connectivity index is 1.13. The number of aryl methyl sites for hydroxylation is 2. The summed E-state index contributed by atoms with van der Waals surface area (Å²) < 4.78 is 12.6. The van der Waals surface area contributed by atoms with Gasteiger partial charge in [-0.2, -0.15) is 0 Å². The van der Waals surface area contributed by atoms with Crippen LogP contribution >= 0.6 is 0 Å². The van der Waals surface area contributed by atoms with E-state index < -0.39 is 0 Å². The second-order valence-electron chi connectivity index (χ2n) is 15.4. The predicted octanol–water partition coefficient (Wildman–Crippen LogP) is 15.5. The maximum Gasteiger partial charge on any atom is 0.143 e. The fourth-order valence-electron chi connectivity index (χ4n) is 8.83. The molecule has 4 heteroatoms. The van der Waals surface area contributed by atoms with Crippen molar-refractivity contribution in [3.05, 3.63) is 205 Å². The van der Waals surface area contributed by atoms with Gasteiger partial charge in [0.15, 0.2) is 0 Å². The lowest BCUT2D eigenvalue weighted by atomic mass is 9.99. The number of hydrogen-bond acceptors (Lipinski definition) is 4. The molecule has 0 spiro atoms. The van der Waals surface area contributed by atoms with Crippen molar-refractivity contribution >= 4 is 77.2 Å². The molecule has 60 heavy (non-hydrogen) atoms. The van der Waals surface area contributed by atoms with Crippen molar-refractivity contribution in [1.82, 2.24) is 0 Å². The van der Waals surface area contributed by atoms with E-state index in [9.17, 15) is 0 Å². The number of nitrogens with zero attached hydrogens (tertiary/aromatic N) is 2. The molecule has 290 valence electrons. The van der Waals surface area contributed by atoms with Gasteiger partial charge in [-0.3, -0.25) is 0 Å². The van der Waals surface area contributed by atoms with Crippen LogP contribution in [0.3, 0.4) is 0 Å². The van der Waals surface area contributed by atoms with Gasteiger partial charge in [-0.05, 0) is 95.1 Å². The van der Waals surface area contributed by atoms with Crippen LogP contribution in [0.2, 0.25) is 0 Å². The Morgan fingerprint density at radius 1 is 0.300 bits per heavy atom. The topological polar surface area (TPSA) is 24.9 Å². The molecule has 0 saturated carbocycles. The van der Waals surface area contributed by atoms with Crippen molar-refractivity contribution in [2.45, 2.75) is 13.8 Å². The molecule has 0 heterocycles. The van der Waals surface area contributed by atoms with E-state index in [0.717, 1.165) is 67.5 Å². The van der Waals surface area contributed by atoms with Crippen molar-refractivity contribution in [2.75, 3.05) is 24.0 Å². The van der Waals surface area contributed by atoms with E-state index in [4.69, 9.17) is 9.47 Å². The molecule has 0 fully saturated rings. The first-order valence-electron chi connectivity index (χ1n) is 20.4. The Bertz CT molecular complexity index is 3010. The van der Waals surface area contributed by atoms with E-state index in [0.29, 0.717) is 0 Å². The van der Waals surface area contributed by atoms with E-state index in [2.05, 4.69) is 218 Å². The van der Waals surface area contributed by atoms with Gasteiger partial charge in [0.1, 0.15) is 11.5 Å². The summed E-state index contributed by atoms with van der Waals surface area (Å²) in [6.45, 7) is 4.28. The average Bonchev–Trinajstić information content (AvgIpc) is 3.29. The summed E-state index contributed by atoms with van der Waals surface area (Å²) in [5.41, 5.74) is 10.7. The van der Waals surface area contributed by atoms with Gasteiger partial charge in [0.2, 0.25) is 0 Å². The van der Waals surface area contributed by atoms with Crippen molar-refractivity contribution in [2.24, 2.45) is 0 Å². The van der Waals surface area contributed by atoms with Crippen LogP contribution in [0.5, 0.6) is 11.5 Å². The Hall–Kier alpha value is -7.56. The zero-order valence-electron chi connectivity index (χ0n) is 34.2. The molecule has 0 bridgehead atoms. The first kappa shape index (κ1) is 36.8. The van der Waals surface area contributed by atoms with Gasteiger partial charge in [-0.25, -0.2) is 0 Å². The number of benzene rings is 10. The highest BCUT2D eigenvalue weighted by Crippen LogP contribution is 2.49. The normalized spacial score (nSPS) is 11.3. The van der Waals surface area contributed by atoms with Crippen molar-refractivity contribution < 1.29 is 9.47 Å². The van der Waals surface area contributed by atoms with Crippen LogP contribution in [0.15, 0.2) is 194 Å². The number of methoxy groups -OCH3 is 2. The molecule has 10 rings (SSSR count). The molecule has 10 aromatic rings. The number of fused-ring (bicyclic) bond motifs is 4. The Kier molecular flexibility index (Phi) is 9.38. The fourth-order valence-corrected chi connectivity index (χ4v) is 8.83. The SMILES string of the molecule is COc1cc(-c2ccc(N(c3cccc4ccccc34)c3cccc4cc(C)ccc34)c(OC)c2)ccc1N(c1cccc2ccccc12)c1cccc2cc(C)ccc12. The first-order valence-corrected chi connectivity index (χ1v) is 20.4. The van der Waals surface area contributed by atoms with Crippen LogP contribution < -0.4 is 19.3 Å². The van der Waals surface area contributed by atoms with Crippen LogP contribution in [-0.4, -0.2) is 14.2 Å². The molecular formula is C56H44N2O2. The number of anilines is 6. The third-order valence-corrected chi connectivity index (χ3v) is 11.7. The zero-order chi connectivity index (χ0) is 40.7. The van der Waals surface area contributed by atoms with Crippen molar-refractivity contribution in [1.29, 1.82) is 0 Å². The fraction of sp³-hybridized carbons (Fsp3) is 0.0714. The van der Waals surface area contributed by atoms with E-state index in [1.165, 1.54) is 43.4 Å². The Labute approximate surface area is 351 Å². The number of hydrogen-bond donors (Lipinski definition) is 0. The van der Waals surface area contributed by atoms with E-state index in [1.807, 2.05) is 0 Å². The highest BCUT2D eigenvalue weighted by Gasteiger charge is 2.24. The lowest BCUT2D eigenvalue weighted by Gasteiger charge is -2.30. The monoisotopic (exact) mass is 776 g/mol. The minimum atomic E-state index is 0.760. The maximum absolute atomic E-state index is 6.32. The molecule has 0 aliphatic carbocycles. The van der Waals surface area contributed by atoms with Crippen molar-refractivity contribution in [3.63, 3.8) is 0 Å². The molecule has 0 amide bonds. The predicted molar refractivity (Wildman–Crippen MR) is 254 cm³/mol. The minimum absolute atomic E-state index is 0.760. The molecule has 0 atom stereocenters. The summed E-state index contributed by atoms with van der Waals surface area (Å²) >= 11 is 0. The summed E-state index contributed by atoms with van der Waals surface area (Å²) in [5, 5.41) is 9.39. The van der Waals surface area contributed by atoms with Gasteiger partial charge in [-0.15, -0.1) is 0 Å². The zero-order valence-corrected chi connectivity index (χ0v) is 34.2. The standard InChI is InChI=1S/C56H44N2O2/c1-37-25-29-47-43(33-37)17-11-23-51(47)57(49-21-9-15-39-13-5-7-19-45(39)49)53-31-27-41(35-55(53)59-3)42-28-32-54(56(36-42)60-4)58(50-22-10-16-40-14-6-8-20-46(40)50)52-24-12-18-44-34-38(2)26-30-48(44)52/h5-36H,1-4H3. The summed E-state index contributed by atoms with van der Waals surface area (Å²) in [6.07, 6.45) is 0. The minimum Gasteiger partial charge on any atom is -0.495 e. The highest BCUT2D eigenvalue weighted by atomic mass is 16.5. The smallest absolute Gasteiger partial charge is 0.143 e. The summed E-state index contributed by atoms with van der Waals surface area (Å²) in [6, 6.07) is 69.6. The largest absolute Gasteiger partial charge is 0.495 e. The van der Waals surface area contributed by atoms with Gasteiger partial charge < -0.3 is 19.3 Å².